The van der Waals surface area contributed by atoms with Gasteiger partial charge in [-0.3, -0.25) is 4.79 Å². The Hall–Kier alpha value is -2.54. The second kappa shape index (κ2) is 7.83. The van der Waals surface area contributed by atoms with Gasteiger partial charge in [0.2, 0.25) is 0 Å². The number of hydrogen-bond acceptors (Lipinski definition) is 5. The summed E-state index contributed by atoms with van der Waals surface area (Å²) in [7, 11) is 1.83. The lowest BCUT2D eigenvalue weighted by molar-refractivity contribution is -0.113. The lowest BCUT2D eigenvalue weighted by atomic mass is 10.1. The predicted molar refractivity (Wildman–Crippen MR) is 119 cm³/mol. The number of hydrogen-bond donors (Lipinski definition) is 2. The minimum atomic E-state index is -0.306. The molecular formula is C20H14Cl2N4OS. The zero-order valence-corrected chi connectivity index (χ0v) is 17.0. The van der Waals surface area contributed by atoms with Gasteiger partial charge in [-0.05, 0) is 59.8 Å². The van der Waals surface area contributed by atoms with E-state index in [1.54, 1.807) is 18.2 Å². The van der Waals surface area contributed by atoms with E-state index in [0.717, 1.165) is 22.3 Å². The van der Waals surface area contributed by atoms with E-state index >= 15 is 0 Å². The second-order valence-electron chi connectivity index (χ2n) is 5.95. The molecule has 0 fully saturated rings. The fourth-order valence-electron chi connectivity index (χ4n) is 2.71. The first-order valence-electron chi connectivity index (χ1n) is 8.35. The Kier molecular flexibility index (Phi) is 5.26. The Morgan fingerprint density at radius 1 is 1.07 bits per heavy atom. The summed E-state index contributed by atoms with van der Waals surface area (Å²) in [4.78, 5) is 21.4. The number of fused-ring (bicyclic) bond motifs is 1. The third-order valence-corrected chi connectivity index (χ3v) is 5.61. The van der Waals surface area contributed by atoms with Gasteiger partial charge in [0.15, 0.2) is 5.17 Å². The summed E-state index contributed by atoms with van der Waals surface area (Å²) in [5.41, 5.74) is 2.31. The van der Waals surface area contributed by atoms with Crippen molar-refractivity contribution in [3.8, 4) is 0 Å². The second-order valence-corrected chi connectivity index (χ2v) is 7.80. The Labute approximate surface area is 175 Å². The summed E-state index contributed by atoms with van der Waals surface area (Å²) >= 11 is 13.6. The molecule has 1 aliphatic heterocycles. The number of anilines is 2. The van der Waals surface area contributed by atoms with Gasteiger partial charge in [0, 0.05) is 12.4 Å². The number of aliphatic imine (C=N–C) groups is 1. The van der Waals surface area contributed by atoms with Gasteiger partial charge < -0.3 is 10.6 Å². The number of para-hydroxylation sites is 1. The number of carbonyl (C=O) groups is 1. The van der Waals surface area contributed by atoms with E-state index in [2.05, 4.69) is 20.6 Å². The summed E-state index contributed by atoms with van der Waals surface area (Å²) in [6.45, 7) is 0. The van der Waals surface area contributed by atoms with E-state index in [9.17, 15) is 4.79 Å². The highest BCUT2D eigenvalue weighted by molar-refractivity contribution is 8.18. The van der Waals surface area contributed by atoms with Crippen LogP contribution in [-0.4, -0.2) is 23.1 Å². The smallest absolute Gasteiger partial charge is 0.286 e. The maximum atomic E-state index is 12.3. The van der Waals surface area contributed by atoms with Gasteiger partial charge in [-0.15, -0.1) is 0 Å². The number of amides is 1. The molecule has 0 bridgehead atoms. The highest BCUT2D eigenvalue weighted by Gasteiger charge is 2.23. The molecule has 140 valence electrons. The number of benzene rings is 2. The molecule has 2 heterocycles. The number of rotatable bonds is 3. The Balaban J connectivity index is 1.56. The van der Waals surface area contributed by atoms with Crippen molar-refractivity contribution in [3.05, 3.63) is 69.0 Å². The lowest BCUT2D eigenvalue weighted by Crippen LogP contribution is -2.05. The Morgan fingerprint density at radius 2 is 1.86 bits per heavy atom. The van der Waals surface area contributed by atoms with E-state index in [1.807, 2.05) is 43.5 Å². The highest BCUT2D eigenvalue weighted by Crippen LogP contribution is 2.34. The van der Waals surface area contributed by atoms with Crippen LogP contribution in [0.4, 0.5) is 11.5 Å². The van der Waals surface area contributed by atoms with Gasteiger partial charge in [-0.25, -0.2) is 4.98 Å². The SMILES string of the molecule is CNc1ccc2cc(/C=C3/SC(Nc4c(Cl)cccc4Cl)=NC3=O)ccc2n1. The van der Waals surface area contributed by atoms with Gasteiger partial charge in [-0.2, -0.15) is 4.99 Å². The van der Waals surface area contributed by atoms with Crippen molar-refractivity contribution < 1.29 is 4.79 Å². The molecular weight excluding hydrogens is 415 g/mol. The molecule has 0 saturated heterocycles. The molecule has 1 amide bonds. The van der Waals surface area contributed by atoms with Crippen LogP contribution in [0, 0.1) is 0 Å². The van der Waals surface area contributed by atoms with Crippen molar-refractivity contribution in [1.29, 1.82) is 0 Å². The van der Waals surface area contributed by atoms with Crippen LogP contribution < -0.4 is 10.6 Å². The van der Waals surface area contributed by atoms with Gasteiger partial charge >= 0.3 is 0 Å². The summed E-state index contributed by atoms with van der Waals surface area (Å²) in [6.07, 6.45) is 1.81. The standard InChI is InChI=1S/C20H14Cl2N4OS/c1-23-17-8-6-12-9-11(5-7-15(12)24-17)10-16-19(27)26-20(28-16)25-18-13(21)3-2-4-14(18)22/h2-10H,1H3,(H,23,24)(H,25,26,27)/b16-10+. The molecule has 1 aliphatic rings. The molecule has 0 unspecified atom stereocenters. The molecule has 0 aliphatic carbocycles. The summed E-state index contributed by atoms with van der Waals surface area (Å²) in [5, 5.41) is 8.41. The molecule has 0 atom stereocenters. The van der Waals surface area contributed by atoms with Crippen molar-refractivity contribution in [3.63, 3.8) is 0 Å². The molecule has 5 nitrogen and oxygen atoms in total. The van der Waals surface area contributed by atoms with Gasteiger partial charge in [0.05, 0.1) is 26.2 Å². The monoisotopic (exact) mass is 428 g/mol. The number of pyridine rings is 1. The van der Waals surface area contributed by atoms with Gasteiger partial charge in [-0.1, -0.05) is 35.3 Å². The summed E-state index contributed by atoms with van der Waals surface area (Å²) < 4.78 is 0. The highest BCUT2D eigenvalue weighted by atomic mass is 35.5. The number of nitrogens with one attached hydrogen (secondary N) is 2. The Bertz CT molecular complexity index is 1140. The van der Waals surface area contributed by atoms with E-state index in [1.165, 1.54) is 11.8 Å². The van der Waals surface area contributed by atoms with Crippen LogP contribution in [0.3, 0.4) is 0 Å². The Morgan fingerprint density at radius 3 is 2.61 bits per heavy atom. The van der Waals surface area contributed by atoms with Crippen LogP contribution in [0.15, 0.2) is 58.4 Å². The average Bonchev–Trinajstić information content (AvgIpc) is 3.03. The fraction of sp³-hybridized carbons (Fsp3) is 0.0500. The third-order valence-electron chi connectivity index (χ3n) is 4.08. The largest absolute Gasteiger partial charge is 0.373 e. The topological polar surface area (TPSA) is 66.4 Å². The number of nitrogens with zero attached hydrogens (tertiary/aromatic N) is 2. The van der Waals surface area contributed by atoms with Crippen LogP contribution in [0.1, 0.15) is 5.56 Å². The van der Waals surface area contributed by atoms with E-state index < -0.39 is 0 Å². The van der Waals surface area contributed by atoms with Crippen LogP contribution in [0.5, 0.6) is 0 Å². The number of thioether (sulfide) groups is 1. The van der Waals surface area contributed by atoms with Crippen LogP contribution in [-0.2, 0) is 4.79 Å². The molecule has 0 spiro atoms. The predicted octanol–water partition coefficient (Wildman–Crippen LogP) is 5.67. The number of carbonyl (C=O) groups excluding carboxylic acids is 1. The quantitative estimate of drug-likeness (QED) is 0.526. The first-order chi connectivity index (χ1) is 13.5. The maximum absolute atomic E-state index is 12.3. The lowest BCUT2D eigenvalue weighted by Gasteiger charge is -2.08. The minimum Gasteiger partial charge on any atom is -0.373 e. The van der Waals surface area contributed by atoms with E-state index in [0.29, 0.717) is 25.8 Å². The fourth-order valence-corrected chi connectivity index (χ4v) is 4.02. The first kappa shape index (κ1) is 18.8. The summed E-state index contributed by atoms with van der Waals surface area (Å²) in [5.74, 6) is 0.502. The maximum Gasteiger partial charge on any atom is 0.286 e. The van der Waals surface area contributed by atoms with Crippen molar-refractivity contribution in [2.24, 2.45) is 4.99 Å². The zero-order valence-electron chi connectivity index (χ0n) is 14.7. The first-order valence-corrected chi connectivity index (χ1v) is 9.93. The minimum absolute atomic E-state index is 0.306. The van der Waals surface area contributed by atoms with Crippen molar-refractivity contribution in [2.45, 2.75) is 0 Å². The van der Waals surface area contributed by atoms with Gasteiger partial charge in [0.1, 0.15) is 5.82 Å². The van der Waals surface area contributed by atoms with Crippen LogP contribution in [0.2, 0.25) is 10.0 Å². The molecule has 0 radical (unpaired) electrons. The molecule has 8 heteroatoms. The number of aromatic nitrogens is 1. The average molecular weight is 429 g/mol. The van der Waals surface area contributed by atoms with Crippen LogP contribution in [0.25, 0.3) is 17.0 Å². The van der Waals surface area contributed by atoms with Crippen molar-refractivity contribution in [1.82, 2.24) is 4.98 Å². The summed E-state index contributed by atoms with van der Waals surface area (Å²) in [6, 6.07) is 14.9. The van der Waals surface area contributed by atoms with Crippen molar-refractivity contribution >= 4 is 74.5 Å². The number of amidine groups is 1. The molecule has 0 saturated carbocycles. The molecule has 1 aromatic heterocycles. The van der Waals surface area contributed by atoms with Crippen LogP contribution >= 0.6 is 35.0 Å². The molecule has 4 rings (SSSR count). The molecule has 3 aromatic rings. The number of halogens is 2. The van der Waals surface area contributed by atoms with E-state index in [4.69, 9.17) is 23.2 Å². The molecule has 2 N–H and O–H groups in total. The zero-order chi connectivity index (χ0) is 19.7. The molecule has 28 heavy (non-hydrogen) atoms. The van der Waals surface area contributed by atoms with Gasteiger partial charge in [0.25, 0.3) is 5.91 Å². The normalized spacial score (nSPS) is 15.2. The molecule has 2 aromatic carbocycles. The van der Waals surface area contributed by atoms with E-state index in [-0.39, 0.29) is 5.91 Å². The third kappa shape index (κ3) is 3.85. The van der Waals surface area contributed by atoms with Crippen molar-refractivity contribution in [2.75, 3.05) is 17.7 Å².